The molecule has 0 spiro atoms. The third-order valence-corrected chi connectivity index (χ3v) is 1.66. The number of ether oxygens (including phenoxy) is 1. The quantitative estimate of drug-likeness (QED) is 0.660. The molecule has 0 aliphatic carbocycles. The molecular formula is C10H12NO2. The summed E-state index contributed by atoms with van der Waals surface area (Å²) in [6, 6.07) is 8.03. The first-order valence-corrected chi connectivity index (χ1v) is 4.18. The molecule has 3 heteroatoms. The van der Waals surface area contributed by atoms with E-state index in [4.69, 9.17) is 10.5 Å². The molecule has 1 unspecified atom stereocenters. The van der Waals surface area contributed by atoms with E-state index in [1.165, 1.54) is 0 Å². The lowest BCUT2D eigenvalue weighted by molar-refractivity contribution is -0.145. The molecule has 1 aromatic rings. The van der Waals surface area contributed by atoms with E-state index in [0.717, 1.165) is 0 Å². The number of carbonyl (C=O) groups is 1. The topological polar surface area (TPSA) is 50.1 Å². The Balaban J connectivity index is 2.68. The van der Waals surface area contributed by atoms with Crippen LogP contribution in [-0.4, -0.2) is 12.6 Å². The fourth-order valence-electron chi connectivity index (χ4n) is 1.01. The Morgan fingerprint density at radius 2 is 2.08 bits per heavy atom. The molecule has 69 valence electrons. The number of hydrogen-bond donors (Lipinski definition) is 0. The molecule has 3 nitrogen and oxygen atoms in total. The van der Waals surface area contributed by atoms with E-state index >= 15 is 0 Å². The van der Waals surface area contributed by atoms with Crippen LogP contribution in [-0.2, 0) is 9.53 Å². The summed E-state index contributed by atoms with van der Waals surface area (Å²) in [6.07, 6.45) is 0. The van der Waals surface area contributed by atoms with Crippen LogP contribution in [0.4, 0.5) is 0 Å². The molecule has 0 aliphatic heterocycles. The lowest BCUT2D eigenvalue weighted by atomic mass is 10.1. The number of esters is 1. The summed E-state index contributed by atoms with van der Waals surface area (Å²) in [7, 11) is 0. The van der Waals surface area contributed by atoms with Gasteiger partial charge in [-0.2, -0.15) is 0 Å². The highest BCUT2D eigenvalue weighted by Crippen LogP contribution is 2.12. The van der Waals surface area contributed by atoms with Crippen molar-refractivity contribution in [2.24, 2.45) is 0 Å². The molecule has 0 amide bonds. The molecular weight excluding hydrogens is 166 g/mol. The molecule has 1 aromatic carbocycles. The smallest absolute Gasteiger partial charge is 0.329 e. The van der Waals surface area contributed by atoms with Crippen LogP contribution in [0.5, 0.6) is 0 Å². The van der Waals surface area contributed by atoms with E-state index in [2.05, 4.69) is 0 Å². The molecule has 1 atom stereocenters. The largest absolute Gasteiger partial charge is 0.465 e. The highest BCUT2D eigenvalue weighted by Gasteiger charge is 2.16. The van der Waals surface area contributed by atoms with E-state index in [9.17, 15) is 4.79 Å². The molecule has 0 aromatic heterocycles. The van der Waals surface area contributed by atoms with Crippen molar-refractivity contribution in [2.75, 3.05) is 6.61 Å². The minimum absolute atomic E-state index is 0.320. The molecule has 1 rings (SSSR count). The normalized spacial score (nSPS) is 12.2. The summed E-state index contributed by atoms with van der Waals surface area (Å²) in [6.45, 7) is 2.05. The molecule has 0 bridgehead atoms. The number of rotatable bonds is 3. The zero-order chi connectivity index (χ0) is 9.68. The average Bonchev–Trinajstić information content (AvgIpc) is 2.18. The fourth-order valence-corrected chi connectivity index (χ4v) is 1.01. The first kappa shape index (κ1) is 9.74. The second-order valence-corrected chi connectivity index (χ2v) is 2.60. The van der Waals surface area contributed by atoms with Crippen molar-refractivity contribution in [2.45, 2.75) is 13.0 Å². The van der Waals surface area contributed by atoms with E-state index in [0.29, 0.717) is 12.2 Å². The Morgan fingerprint density at radius 3 is 2.62 bits per heavy atom. The van der Waals surface area contributed by atoms with Gasteiger partial charge in [0.05, 0.1) is 6.61 Å². The standard InChI is InChI=1S/C10H12NO2/c1-2-13-10(12)9(11)8-6-4-3-5-7-8/h3-7,9,11H,2H2,1H3. The lowest BCUT2D eigenvalue weighted by Gasteiger charge is -2.08. The van der Waals surface area contributed by atoms with Gasteiger partial charge in [0.1, 0.15) is 6.04 Å². The minimum atomic E-state index is -0.916. The molecule has 0 heterocycles. The van der Waals surface area contributed by atoms with Crippen LogP contribution in [0, 0.1) is 0 Å². The van der Waals surface area contributed by atoms with Gasteiger partial charge in [-0.25, -0.2) is 10.5 Å². The Morgan fingerprint density at radius 1 is 1.46 bits per heavy atom. The fraction of sp³-hybridized carbons (Fsp3) is 0.300. The molecule has 13 heavy (non-hydrogen) atoms. The summed E-state index contributed by atoms with van der Waals surface area (Å²) in [5, 5.41) is 0. The molecule has 1 radical (unpaired) electrons. The highest BCUT2D eigenvalue weighted by atomic mass is 16.5. The summed E-state index contributed by atoms with van der Waals surface area (Å²) in [4.78, 5) is 11.1. The van der Waals surface area contributed by atoms with Crippen LogP contribution in [0.1, 0.15) is 18.5 Å². The Bertz CT molecular complexity index is 272. The van der Waals surface area contributed by atoms with Gasteiger partial charge in [-0.3, -0.25) is 0 Å². The second kappa shape index (κ2) is 4.62. The van der Waals surface area contributed by atoms with E-state index < -0.39 is 12.0 Å². The third kappa shape index (κ3) is 2.56. The molecule has 0 saturated carbocycles. The van der Waals surface area contributed by atoms with E-state index in [1.54, 1.807) is 31.2 Å². The monoisotopic (exact) mass is 178 g/mol. The van der Waals surface area contributed by atoms with Gasteiger partial charge in [0.25, 0.3) is 0 Å². The molecule has 0 aliphatic rings. The third-order valence-electron chi connectivity index (χ3n) is 1.66. The van der Waals surface area contributed by atoms with E-state index in [1.807, 2.05) is 6.07 Å². The highest BCUT2D eigenvalue weighted by molar-refractivity contribution is 5.77. The lowest BCUT2D eigenvalue weighted by Crippen LogP contribution is -2.16. The number of nitrogens with one attached hydrogen (secondary N) is 1. The maximum atomic E-state index is 11.1. The Hall–Kier alpha value is -1.35. The zero-order valence-electron chi connectivity index (χ0n) is 7.49. The van der Waals surface area contributed by atoms with Crippen molar-refractivity contribution in [3.05, 3.63) is 35.9 Å². The Labute approximate surface area is 77.5 Å². The van der Waals surface area contributed by atoms with E-state index in [-0.39, 0.29) is 0 Å². The van der Waals surface area contributed by atoms with Crippen molar-refractivity contribution < 1.29 is 9.53 Å². The number of hydrogen-bond acceptors (Lipinski definition) is 2. The van der Waals surface area contributed by atoms with Crippen molar-refractivity contribution in [3.8, 4) is 0 Å². The van der Waals surface area contributed by atoms with Gasteiger partial charge >= 0.3 is 5.97 Å². The van der Waals surface area contributed by atoms with Gasteiger partial charge in [-0.15, -0.1) is 0 Å². The van der Waals surface area contributed by atoms with Gasteiger partial charge in [0, 0.05) is 0 Å². The SMILES string of the molecule is CCOC(=O)C([NH])c1ccccc1. The zero-order valence-corrected chi connectivity index (χ0v) is 7.49. The maximum Gasteiger partial charge on any atom is 0.329 e. The van der Waals surface area contributed by atoms with Crippen LogP contribution in [0.2, 0.25) is 0 Å². The van der Waals surface area contributed by atoms with Crippen molar-refractivity contribution in [1.29, 1.82) is 0 Å². The summed E-state index contributed by atoms with van der Waals surface area (Å²) < 4.78 is 4.73. The number of benzene rings is 1. The minimum Gasteiger partial charge on any atom is -0.465 e. The van der Waals surface area contributed by atoms with Gasteiger partial charge in [-0.05, 0) is 12.5 Å². The second-order valence-electron chi connectivity index (χ2n) is 2.60. The van der Waals surface area contributed by atoms with Gasteiger partial charge in [-0.1, -0.05) is 30.3 Å². The van der Waals surface area contributed by atoms with Crippen molar-refractivity contribution in [3.63, 3.8) is 0 Å². The van der Waals surface area contributed by atoms with Gasteiger partial charge in [0.2, 0.25) is 0 Å². The predicted octanol–water partition coefficient (Wildman–Crippen LogP) is 1.57. The van der Waals surface area contributed by atoms with Crippen LogP contribution in [0.15, 0.2) is 30.3 Å². The first-order valence-electron chi connectivity index (χ1n) is 4.18. The number of carbonyl (C=O) groups excluding carboxylic acids is 1. The summed E-state index contributed by atoms with van der Waals surface area (Å²) in [5.41, 5.74) is 8.22. The van der Waals surface area contributed by atoms with Gasteiger partial charge < -0.3 is 4.74 Å². The van der Waals surface area contributed by atoms with Crippen LogP contribution < -0.4 is 5.73 Å². The van der Waals surface area contributed by atoms with Crippen LogP contribution >= 0.6 is 0 Å². The molecule has 0 saturated heterocycles. The predicted molar refractivity (Wildman–Crippen MR) is 48.9 cm³/mol. The van der Waals surface area contributed by atoms with Crippen molar-refractivity contribution in [1.82, 2.24) is 5.73 Å². The summed E-state index contributed by atoms with van der Waals surface area (Å²) in [5.74, 6) is -0.492. The van der Waals surface area contributed by atoms with Crippen LogP contribution in [0.25, 0.3) is 0 Å². The maximum absolute atomic E-state index is 11.1. The van der Waals surface area contributed by atoms with Gasteiger partial charge in [0.15, 0.2) is 0 Å². The summed E-state index contributed by atoms with van der Waals surface area (Å²) >= 11 is 0. The molecule has 1 N–H and O–H groups in total. The Kier molecular flexibility index (Phi) is 3.46. The first-order chi connectivity index (χ1) is 6.25. The average molecular weight is 178 g/mol. The van der Waals surface area contributed by atoms with Crippen LogP contribution in [0.3, 0.4) is 0 Å². The molecule has 0 fully saturated rings. The van der Waals surface area contributed by atoms with Crippen molar-refractivity contribution >= 4 is 5.97 Å².